The zero-order valence-corrected chi connectivity index (χ0v) is 11.5. The normalized spacial score (nSPS) is 14.0. The van der Waals surface area contributed by atoms with E-state index in [1.165, 1.54) is 6.33 Å². The van der Waals surface area contributed by atoms with Crippen LogP contribution in [-0.2, 0) is 22.4 Å². The van der Waals surface area contributed by atoms with Gasteiger partial charge < -0.3 is 20.8 Å². The Hall–Kier alpha value is -2.47. The lowest BCUT2D eigenvalue weighted by Crippen LogP contribution is -2.47. The van der Waals surface area contributed by atoms with Crippen LogP contribution in [0.1, 0.15) is 11.3 Å². The van der Waals surface area contributed by atoms with Gasteiger partial charge in [0, 0.05) is 18.3 Å². The number of nitrogens with zero attached hydrogens (tertiary/aromatic N) is 1. The van der Waals surface area contributed by atoms with Crippen molar-refractivity contribution in [1.29, 1.82) is 0 Å². The molecule has 1 aromatic heterocycles. The summed E-state index contributed by atoms with van der Waals surface area (Å²) in [6.07, 6.45) is 4.52. The third kappa shape index (κ3) is 4.54. The number of nitrogens with one attached hydrogen (secondary N) is 2. The monoisotopic (exact) mass is 287 g/mol. The molecule has 0 saturated carbocycles. The Kier molecular flexibility index (Phi) is 4.73. The molecule has 0 radical (unpaired) electrons. The van der Waals surface area contributed by atoms with Crippen LogP contribution in [0.3, 0.4) is 0 Å². The number of aromatic nitrogens is 2. The number of rotatable bonds is 8. The molecule has 0 fully saturated rings. The number of aromatic amines is 1. The van der Waals surface area contributed by atoms with Crippen molar-refractivity contribution in [2.75, 3.05) is 0 Å². The molecule has 2 atom stereocenters. The van der Waals surface area contributed by atoms with Crippen LogP contribution in [0, 0.1) is 0 Å². The molecule has 0 spiro atoms. The van der Waals surface area contributed by atoms with Crippen molar-refractivity contribution in [3.63, 3.8) is 0 Å². The Balaban J connectivity index is 1.94. The number of hydrogen-bond donors (Lipinski definition) is 3. The zero-order valence-electron chi connectivity index (χ0n) is 12.5. The molecule has 0 aliphatic heterocycles. The second-order valence-corrected chi connectivity index (χ2v) is 4.77. The van der Waals surface area contributed by atoms with Gasteiger partial charge in [-0.15, -0.1) is 0 Å². The van der Waals surface area contributed by atoms with Crippen LogP contribution in [0.4, 0.5) is 0 Å². The summed E-state index contributed by atoms with van der Waals surface area (Å²) in [7, 11) is 0. The lowest BCUT2D eigenvalue weighted by Gasteiger charge is -2.16. The first-order valence-corrected chi connectivity index (χ1v) is 6.67. The highest BCUT2D eigenvalue weighted by Gasteiger charge is 2.18. The molecule has 0 bridgehead atoms. The van der Waals surface area contributed by atoms with Gasteiger partial charge >= 0.3 is 0 Å². The standard InChI is InChI=1S/C15H18N4O2/c16-14(6-11-4-2-1-3-5-11)15(21)19-13(9-20)7-12-8-17-10-18-12/h1-5,8-10,13-14H,6-7,16H2,(H,17,18)(H,19,21)/t13-,14-/m1/s1/i/hD. The number of carbonyl (C=O) groups is 2. The molecule has 6 nitrogen and oxygen atoms in total. The summed E-state index contributed by atoms with van der Waals surface area (Å²) >= 11 is 0. The van der Waals surface area contributed by atoms with Gasteiger partial charge in [-0.3, -0.25) is 4.79 Å². The second-order valence-electron chi connectivity index (χ2n) is 4.77. The van der Waals surface area contributed by atoms with E-state index in [4.69, 9.17) is 1.41 Å². The van der Waals surface area contributed by atoms with Gasteiger partial charge in [-0.05, 0) is 12.0 Å². The van der Waals surface area contributed by atoms with E-state index in [1.54, 1.807) is 6.20 Å². The summed E-state index contributed by atoms with van der Waals surface area (Å²) in [4.78, 5) is 30.1. The summed E-state index contributed by atoms with van der Waals surface area (Å²) < 4.78 is 7.32. The minimum absolute atomic E-state index is 0.339. The van der Waals surface area contributed by atoms with E-state index in [9.17, 15) is 9.59 Å². The highest BCUT2D eigenvalue weighted by molar-refractivity contribution is 5.84. The fourth-order valence-electron chi connectivity index (χ4n) is 1.99. The molecule has 0 aliphatic carbocycles. The Morgan fingerprint density at radius 3 is 2.86 bits per heavy atom. The maximum absolute atomic E-state index is 12.2. The molecule has 1 heterocycles. The minimum atomic E-state index is -0.716. The summed E-state index contributed by atoms with van der Waals surface area (Å²) in [5.74, 6) is -0.379. The number of aldehydes is 1. The summed E-state index contributed by atoms with van der Waals surface area (Å²) in [5, 5.41) is 2.64. The number of hydrogen-bond acceptors (Lipinski definition) is 4. The maximum atomic E-state index is 12.2. The van der Waals surface area contributed by atoms with Gasteiger partial charge in [-0.25, -0.2) is 4.98 Å². The maximum Gasteiger partial charge on any atom is 0.237 e. The fraction of sp³-hybridized carbons (Fsp3) is 0.267. The predicted octanol–water partition coefficient (Wildman–Crippen LogP) is 0.206. The number of carbonyl (C=O) groups excluding carboxylic acids is 2. The third-order valence-electron chi connectivity index (χ3n) is 3.09. The number of imidazole rings is 1. The van der Waals surface area contributed by atoms with Crippen LogP contribution in [0.25, 0.3) is 0 Å². The molecule has 1 amide bonds. The van der Waals surface area contributed by atoms with Crippen LogP contribution < -0.4 is 11.0 Å². The number of amides is 1. The van der Waals surface area contributed by atoms with E-state index in [-0.39, 0.29) is 5.91 Å². The average molecular weight is 287 g/mol. The van der Waals surface area contributed by atoms with Crippen LogP contribution >= 0.6 is 0 Å². The highest BCUT2D eigenvalue weighted by atomic mass is 16.2. The van der Waals surface area contributed by atoms with Crippen molar-refractivity contribution in [3.8, 4) is 0 Å². The first kappa shape index (κ1) is 13.5. The molecule has 110 valence electrons. The highest BCUT2D eigenvalue weighted by Crippen LogP contribution is 2.03. The molecule has 21 heavy (non-hydrogen) atoms. The van der Waals surface area contributed by atoms with E-state index < -0.39 is 12.1 Å². The van der Waals surface area contributed by atoms with Crippen molar-refractivity contribution in [1.82, 2.24) is 15.3 Å². The van der Waals surface area contributed by atoms with E-state index >= 15 is 0 Å². The molecular formula is C15H18N4O2. The van der Waals surface area contributed by atoms with E-state index in [0.717, 1.165) is 11.3 Å². The van der Waals surface area contributed by atoms with E-state index in [0.29, 0.717) is 19.1 Å². The van der Waals surface area contributed by atoms with Crippen molar-refractivity contribution in [3.05, 3.63) is 54.1 Å². The van der Waals surface area contributed by atoms with E-state index in [2.05, 4.69) is 21.0 Å². The summed E-state index contributed by atoms with van der Waals surface area (Å²) in [6, 6.07) is 8.05. The Bertz CT molecular complexity index is 589. The molecule has 0 unspecified atom stereocenters. The average Bonchev–Trinajstić information content (AvgIpc) is 3.05. The lowest BCUT2D eigenvalue weighted by atomic mass is 10.1. The molecule has 1 aromatic carbocycles. The molecule has 2 rings (SSSR count). The van der Waals surface area contributed by atoms with Crippen LogP contribution in [0.5, 0.6) is 0 Å². The molecular weight excluding hydrogens is 268 g/mol. The molecule has 4 N–H and O–H groups in total. The van der Waals surface area contributed by atoms with Crippen molar-refractivity contribution in [2.45, 2.75) is 24.9 Å². The van der Waals surface area contributed by atoms with Gasteiger partial charge in [0.25, 0.3) is 0 Å². The Morgan fingerprint density at radius 1 is 1.43 bits per heavy atom. The zero-order chi connectivity index (χ0) is 15.8. The SMILES string of the molecule is [2H]N[C@H](Cc1ccccc1)C(=O)N[C@@H](C=O)Cc1cnc[nH]1. The molecule has 6 heteroatoms. The molecule has 2 aromatic rings. The van der Waals surface area contributed by atoms with Gasteiger partial charge in [-0.2, -0.15) is 0 Å². The van der Waals surface area contributed by atoms with E-state index in [1.807, 2.05) is 30.3 Å². The van der Waals surface area contributed by atoms with Gasteiger partial charge in [0.05, 0.1) is 18.4 Å². The van der Waals surface area contributed by atoms with Gasteiger partial charge in [0.2, 0.25) is 5.91 Å². The predicted molar refractivity (Wildman–Crippen MR) is 78.4 cm³/mol. The van der Waals surface area contributed by atoms with Crippen LogP contribution in [0.2, 0.25) is 1.41 Å². The summed E-state index contributed by atoms with van der Waals surface area (Å²) in [5.41, 5.74) is 3.94. The minimum Gasteiger partial charge on any atom is -0.348 e. The summed E-state index contributed by atoms with van der Waals surface area (Å²) in [6.45, 7) is 0. The smallest absolute Gasteiger partial charge is 0.237 e. The molecule has 0 aliphatic rings. The third-order valence-corrected chi connectivity index (χ3v) is 3.09. The number of H-pyrrole nitrogens is 1. The van der Waals surface area contributed by atoms with Gasteiger partial charge in [0.1, 0.15) is 7.70 Å². The fourth-order valence-corrected chi connectivity index (χ4v) is 1.99. The number of benzene rings is 1. The van der Waals surface area contributed by atoms with Gasteiger partial charge in [-0.1, -0.05) is 30.3 Å². The topological polar surface area (TPSA) is 101 Å². The first-order valence-electron chi connectivity index (χ1n) is 7.17. The van der Waals surface area contributed by atoms with Crippen molar-refractivity contribution >= 4 is 12.2 Å². The second kappa shape index (κ2) is 7.35. The van der Waals surface area contributed by atoms with Gasteiger partial charge in [0.15, 0.2) is 0 Å². The molecule has 0 saturated heterocycles. The van der Waals surface area contributed by atoms with Crippen LogP contribution in [0.15, 0.2) is 42.9 Å². The first-order chi connectivity index (χ1) is 10.7. The van der Waals surface area contributed by atoms with Crippen LogP contribution in [-0.4, -0.2) is 34.2 Å². The van der Waals surface area contributed by atoms with Crippen molar-refractivity contribution in [2.24, 2.45) is 5.73 Å². The largest absolute Gasteiger partial charge is 0.348 e. The van der Waals surface area contributed by atoms with Crippen molar-refractivity contribution < 1.29 is 11.0 Å². The quantitative estimate of drug-likeness (QED) is 0.604. The Labute approximate surface area is 124 Å². The lowest BCUT2D eigenvalue weighted by molar-refractivity contribution is -0.125. The Morgan fingerprint density at radius 2 is 2.24 bits per heavy atom. The number of nitrogens with two attached hydrogens (primary N) is 1.